The number of carbonyl (C=O) groups is 1. The van der Waals surface area contributed by atoms with E-state index in [0.717, 1.165) is 36.5 Å². The van der Waals surface area contributed by atoms with Gasteiger partial charge in [-0.15, -0.1) is 11.3 Å². The average Bonchev–Trinajstić information content (AvgIpc) is 2.71. The van der Waals surface area contributed by atoms with Crippen LogP contribution in [-0.4, -0.2) is 41.6 Å². The Balaban J connectivity index is 2.10. The molecular weight excluding hydrogens is 224 g/mol. The number of likely N-dealkylation sites (N-methyl/N-ethyl adjacent to an activating group) is 1. The molecule has 0 aliphatic heterocycles. The van der Waals surface area contributed by atoms with Gasteiger partial charge in [0.15, 0.2) is 0 Å². The Kier molecular flexibility index (Phi) is 3.25. The van der Waals surface area contributed by atoms with Crippen molar-refractivity contribution in [3.63, 3.8) is 0 Å². The fourth-order valence-electron chi connectivity index (χ4n) is 1.94. The van der Waals surface area contributed by atoms with Crippen molar-refractivity contribution >= 4 is 17.3 Å². The third-order valence-electron chi connectivity index (χ3n) is 2.83. The fourth-order valence-corrected chi connectivity index (χ4v) is 3.08. The van der Waals surface area contributed by atoms with Crippen LogP contribution in [0.4, 0.5) is 0 Å². The van der Waals surface area contributed by atoms with Crippen LogP contribution in [0.25, 0.3) is 0 Å². The van der Waals surface area contributed by atoms with E-state index >= 15 is 0 Å². The molecule has 16 heavy (non-hydrogen) atoms. The van der Waals surface area contributed by atoms with Gasteiger partial charge in [0.2, 0.25) is 0 Å². The number of carboxylic acids is 1. The third-order valence-corrected chi connectivity index (χ3v) is 4.02. The molecule has 0 radical (unpaired) electrons. The molecule has 88 valence electrons. The Labute approximate surface area is 98.9 Å². The van der Waals surface area contributed by atoms with Gasteiger partial charge in [0, 0.05) is 17.8 Å². The summed E-state index contributed by atoms with van der Waals surface area (Å²) in [6, 6.07) is 0. The van der Waals surface area contributed by atoms with Crippen molar-refractivity contribution in [2.45, 2.75) is 25.2 Å². The third kappa shape index (κ3) is 2.25. The molecule has 1 unspecified atom stereocenters. The minimum absolute atomic E-state index is 0.362. The summed E-state index contributed by atoms with van der Waals surface area (Å²) in [7, 11) is 4.06. The average molecular weight is 240 g/mol. The molecule has 2 rings (SSSR count). The minimum Gasteiger partial charge on any atom is -0.481 e. The topological polar surface area (TPSA) is 53.4 Å². The molecule has 0 spiro atoms. The van der Waals surface area contributed by atoms with Crippen LogP contribution < -0.4 is 0 Å². The van der Waals surface area contributed by atoms with E-state index in [0.29, 0.717) is 0 Å². The maximum Gasteiger partial charge on any atom is 0.312 e. The lowest BCUT2D eigenvalue weighted by Crippen LogP contribution is -2.15. The van der Waals surface area contributed by atoms with Crippen molar-refractivity contribution in [2.75, 3.05) is 20.6 Å². The molecule has 5 heteroatoms. The van der Waals surface area contributed by atoms with Gasteiger partial charge >= 0.3 is 5.97 Å². The molecule has 0 bridgehead atoms. The predicted molar refractivity (Wildman–Crippen MR) is 63.1 cm³/mol. The van der Waals surface area contributed by atoms with E-state index < -0.39 is 5.97 Å². The molecule has 1 aliphatic carbocycles. The van der Waals surface area contributed by atoms with E-state index in [1.165, 1.54) is 4.88 Å². The van der Waals surface area contributed by atoms with Crippen LogP contribution in [0.5, 0.6) is 0 Å². The molecule has 1 atom stereocenters. The second kappa shape index (κ2) is 4.51. The van der Waals surface area contributed by atoms with Gasteiger partial charge in [0.05, 0.1) is 10.7 Å². The predicted octanol–water partition coefficient (Wildman–Crippen LogP) is 1.36. The molecule has 1 aromatic heterocycles. The summed E-state index contributed by atoms with van der Waals surface area (Å²) < 4.78 is 0. The Hall–Kier alpha value is -0.940. The highest BCUT2D eigenvalue weighted by molar-refractivity contribution is 7.11. The number of nitrogens with zero attached hydrogens (tertiary/aromatic N) is 2. The number of rotatable bonds is 4. The molecule has 0 saturated heterocycles. The first kappa shape index (κ1) is 11.5. The zero-order chi connectivity index (χ0) is 11.7. The SMILES string of the molecule is CN(C)CCc1nc2c(s1)CCC2C(=O)O. The number of hydrogen-bond donors (Lipinski definition) is 1. The Morgan fingerprint density at radius 2 is 2.38 bits per heavy atom. The largest absolute Gasteiger partial charge is 0.481 e. The highest BCUT2D eigenvalue weighted by atomic mass is 32.1. The summed E-state index contributed by atoms with van der Waals surface area (Å²) in [4.78, 5) is 18.8. The zero-order valence-corrected chi connectivity index (χ0v) is 10.4. The first-order chi connectivity index (χ1) is 7.58. The maximum absolute atomic E-state index is 11.0. The van der Waals surface area contributed by atoms with Gasteiger partial charge in [0.1, 0.15) is 5.92 Å². The molecule has 1 heterocycles. The van der Waals surface area contributed by atoms with Crippen molar-refractivity contribution in [3.05, 3.63) is 15.6 Å². The Bertz CT molecular complexity index is 401. The smallest absolute Gasteiger partial charge is 0.312 e. The fraction of sp³-hybridized carbons (Fsp3) is 0.636. The number of thiazole rings is 1. The van der Waals surface area contributed by atoms with Crippen molar-refractivity contribution in [3.8, 4) is 0 Å². The molecule has 4 nitrogen and oxygen atoms in total. The molecule has 1 aliphatic rings. The first-order valence-corrected chi connectivity index (χ1v) is 6.25. The highest BCUT2D eigenvalue weighted by Gasteiger charge is 2.32. The van der Waals surface area contributed by atoms with Gasteiger partial charge in [-0.05, 0) is 26.9 Å². The lowest BCUT2D eigenvalue weighted by atomic mass is 10.1. The summed E-state index contributed by atoms with van der Waals surface area (Å²) in [6.45, 7) is 0.962. The van der Waals surface area contributed by atoms with Crippen molar-refractivity contribution in [1.29, 1.82) is 0 Å². The minimum atomic E-state index is -0.733. The number of hydrogen-bond acceptors (Lipinski definition) is 4. The number of aliphatic carboxylic acids is 1. The van der Waals surface area contributed by atoms with Gasteiger partial charge in [-0.25, -0.2) is 4.98 Å². The Morgan fingerprint density at radius 1 is 1.62 bits per heavy atom. The number of aryl methyl sites for hydroxylation is 1. The van der Waals surface area contributed by atoms with Crippen molar-refractivity contribution in [1.82, 2.24) is 9.88 Å². The van der Waals surface area contributed by atoms with Crippen LogP contribution in [0.1, 0.15) is 27.9 Å². The summed E-state index contributed by atoms with van der Waals surface area (Å²) in [5, 5.41) is 10.1. The second-order valence-electron chi connectivity index (χ2n) is 4.40. The van der Waals surface area contributed by atoms with Crippen LogP contribution in [0, 0.1) is 0 Å². The van der Waals surface area contributed by atoms with Gasteiger partial charge in [-0.3, -0.25) is 4.79 Å². The van der Waals surface area contributed by atoms with Crippen LogP contribution in [0.15, 0.2) is 0 Å². The number of aromatic nitrogens is 1. The highest BCUT2D eigenvalue weighted by Crippen LogP contribution is 2.36. The van der Waals surface area contributed by atoms with E-state index in [-0.39, 0.29) is 5.92 Å². The number of fused-ring (bicyclic) bond motifs is 1. The van der Waals surface area contributed by atoms with E-state index in [2.05, 4.69) is 9.88 Å². The normalized spacial score (nSPS) is 19.1. The molecular formula is C11H16N2O2S. The quantitative estimate of drug-likeness (QED) is 0.863. The number of carboxylic acid groups (broad SMARTS) is 1. The lowest BCUT2D eigenvalue weighted by molar-refractivity contribution is -0.138. The van der Waals surface area contributed by atoms with E-state index in [9.17, 15) is 4.79 Å². The van der Waals surface area contributed by atoms with Crippen LogP contribution in [-0.2, 0) is 17.6 Å². The summed E-state index contributed by atoms with van der Waals surface area (Å²) in [5.41, 5.74) is 0.825. The van der Waals surface area contributed by atoms with Gasteiger partial charge in [-0.2, -0.15) is 0 Å². The molecule has 0 amide bonds. The second-order valence-corrected chi connectivity index (χ2v) is 5.57. The summed E-state index contributed by atoms with van der Waals surface area (Å²) in [5.74, 6) is -1.09. The summed E-state index contributed by atoms with van der Waals surface area (Å²) >= 11 is 1.68. The lowest BCUT2D eigenvalue weighted by Gasteiger charge is -2.07. The molecule has 1 N–H and O–H groups in total. The molecule has 0 fully saturated rings. The molecule has 1 aromatic rings. The van der Waals surface area contributed by atoms with E-state index in [1.807, 2.05) is 14.1 Å². The monoisotopic (exact) mass is 240 g/mol. The standard InChI is InChI=1S/C11H16N2O2S/c1-13(2)6-5-9-12-10-7(11(14)15)3-4-8(10)16-9/h7H,3-6H2,1-2H3,(H,14,15). The van der Waals surface area contributed by atoms with Gasteiger partial charge in [-0.1, -0.05) is 0 Å². The van der Waals surface area contributed by atoms with Crippen molar-refractivity contribution in [2.24, 2.45) is 0 Å². The zero-order valence-electron chi connectivity index (χ0n) is 9.56. The van der Waals surface area contributed by atoms with Gasteiger partial charge in [0.25, 0.3) is 0 Å². The van der Waals surface area contributed by atoms with Crippen LogP contribution in [0.3, 0.4) is 0 Å². The molecule has 0 saturated carbocycles. The summed E-state index contributed by atoms with van der Waals surface area (Å²) in [6.07, 6.45) is 2.51. The maximum atomic E-state index is 11.0. The van der Waals surface area contributed by atoms with Crippen molar-refractivity contribution < 1.29 is 9.90 Å². The van der Waals surface area contributed by atoms with Crippen LogP contribution >= 0.6 is 11.3 Å². The Morgan fingerprint density at radius 3 is 3.00 bits per heavy atom. The van der Waals surface area contributed by atoms with E-state index in [1.54, 1.807) is 11.3 Å². The van der Waals surface area contributed by atoms with Crippen LogP contribution in [0.2, 0.25) is 0 Å². The first-order valence-electron chi connectivity index (χ1n) is 5.44. The molecule has 0 aromatic carbocycles. The van der Waals surface area contributed by atoms with E-state index in [4.69, 9.17) is 5.11 Å². The van der Waals surface area contributed by atoms with Gasteiger partial charge < -0.3 is 10.0 Å².